The zero-order valence-corrected chi connectivity index (χ0v) is 8.95. The summed E-state index contributed by atoms with van der Waals surface area (Å²) in [6.45, 7) is 11.7. The van der Waals surface area contributed by atoms with Gasteiger partial charge >= 0.3 is 0 Å². The molecule has 0 unspecified atom stereocenters. The Morgan fingerprint density at radius 3 is 2.31 bits per heavy atom. The first-order chi connectivity index (χ1) is 6.06. The van der Waals surface area contributed by atoms with Crippen LogP contribution in [0.25, 0.3) is 0 Å². The summed E-state index contributed by atoms with van der Waals surface area (Å²) in [4.78, 5) is 8.32. The highest BCUT2D eigenvalue weighted by Crippen LogP contribution is 2.15. The molecule has 0 saturated carbocycles. The third-order valence-electron chi connectivity index (χ3n) is 1.40. The quantitative estimate of drug-likeness (QED) is 0.459. The van der Waals surface area contributed by atoms with Crippen LogP contribution in [0.3, 0.4) is 0 Å². The van der Waals surface area contributed by atoms with Gasteiger partial charge in [0.15, 0.2) is 0 Å². The number of hydrogen-bond acceptors (Lipinski definition) is 2. The van der Waals surface area contributed by atoms with Crippen LogP contribution >= 0.6 is 0 Å². The Bertz CT molecular complexity index is 185. The molecule has 2 nitrogen and oxygen atoms in total. The van der Waals surface area contributed by atoms with E-state index in [1.165, 1.54) is 0 Å². The summed E-state index contributed by atoms with van der Waals surface area (Å²) < 4.78 is 0. The molecular weight excluding hydrogens is 160 g/mol. The number of rotatable bonds is 5. The van der Waals surface area contributed by atoms with Gasteiger partial charge in [-0.05, 0) is 18.1 Å². The van der Waals surface area contributed by atoms with Gasteiger partial charge in [0.1, 0.15) is 0 Å². The molecule has 13 heavy (non-hydrogen) atoms. The van der Waals surface area contributed by atoms with E-state index in [9.17, 15) is 0 Å². The Labute approximate surface area is 81.5 Å². The normalized spacial score (nSPS) is 12.8. The highest BCUT2D eigenvalue weighted by molar-refractivity contribution is 5.70. The topological polar surface area (TPSA) is 24.7 Å². The fraction of sp³-hybridized carbons (Fsp3) is 0.636. The van der Waals surface area contributed by atoms with E-state index >= 15 is 0 Å². The van der Waals surface area contributed by atoms with Gasteiger partial charge in [0.2, 0.25) is 0 Å². The number of hydrogen-bond donors (Lipinski definition) is 0. The lowest BCUT2D eigenvalue weighted by Crippen LogP contribution is -2.05. The molecule has 0 heterocycles. The van der Waals surface area contributed by atoms with E-state index in [0.29, 0.717) is 5.41 Å². The van der Waals surface area contributed by atoms with Crippen molar-refractivity contribution in [3.05, 3.63) is 12.7 Å². The minimum Gasteiger partial charge on any atom is -0.296 e. The lowest BCUT2D eigenvalue weighted by molar-refractivity contribution is 0.437. The molecule has 0 amide bonds. The number of aliphatic imine (C=N–C) groups is 2. The first-order valence-electron chi connectivity index (χ1n) is 4.65. The van der Waals surface area contributed by atoms with E-state index in [4.69, 9.17) is 0 Å². The average molecular weight is 180 g/mol. The number of nitrogens with zero attached hydrogens (tertiary/aromatic N) is 2. The van der Waals surface area contributed by atoms with E-state index < -0.39 is 0 Å². The van der Waals surface area contributed by atoms with Gasteiger partial charge < -0.3 is 0 Å². The predicted molar refractivity (Wildman–Crippen MR) is 61.0 cm³/mol. The van der Waals surface area contributed by atoms with Crippen molar-refractivity contribution in [2.24, 2.45) is 15.4 Å². The lowest BCUT2D eigenvalue weighted by Gasteiger charge is -2.13. The van der Waals surface area contributed by atoms with Gasteiger partial charge in [0.25, 0.3) is 0 Å². The van der Waals surface area contributed by atoms with Crippen LogP contribution in [-0.4, -0.2) is 25.5 Å². The molecule has 0 aliphatic carbocycles. The van der Waals surface area contributed by atoms with Crippen LogP contribution < -0.4 is 0 Å². The zero-order valence-electron chi connectivity index (χ0n) is 8.95. The van der Waals surface area contributed by atoms with Crippen molar-refractivity contribution in [2.75, 3.05) is 13.1 Å². The molecule has 0 aromatic heterocycles. The largest absolute Gasteiger partial charge is 0.296 e. The molecule has 0 atom stereocenters. The van der Waals surface area contributed by atoms with E-state index in [2.05, 4.69) is 37.3 Å². The molecule has 74 valence electrons. The fourth-order valence-electron chi connectivity index (χ4n) is 0.694. The summed E-state index contributed by atoms with van der Waals surface area (Å²) in [6.07, 6.45) is 6.40. The second-order valence-corrected chi connectivity index (χ2v) is 4.14. The van der Waals surface area contributed by atoms with Crippen molar-refractivity contribution < 1.29 is 0 Å². The second-order valence-electron chi connectivity index (χ2n) is 4.14. The molecule has 0 N–H and O–H groups in total. The predicted octanol–water partition coefficient (Wildman–Crippen LogP) is 2.75. The molecular formula is C11H20N2. The summed E-state index contributed by atoms with van der Waals surface area (Å²) in [5, 5.41) is 0. The van der Waals surface area contributed by atoms with E-state index in [0.717, 1.165) is 19.5 Å². The SMILES string of the molecule is C=C/C=N\CC/N=C\CC(C)(C)C. The van der Waals surface area contributed by atoms with Crippen molar-refractivity contribution in [3.8, 4) is 0 Å². The van der Waals surface area contributed by atoms with Crippen LogP contribution in [0.2, 0.25) is 0 Å². The first kappa shape index (κ1) is 12.1. The van der Waals surface area contributed by atoms with Crippen LogP contribution in [0.1, 0.15) is 27.2 Å². The highest BCUT2D eigenvalue weighted by Gasteiger charge is 2.06. The Morgan fingerprint density at radius 1 is 1.15 bits per heavy atom. The molecule has 0 radical (unpaired) electrons. The monoisotopic (exact) mass is 180 g/mol. The molecule has 0 aromatic carbocycles. The second kappa shape index (κ2) is 6.58. The summed E-state index contributed by atoms with van der Waals surface area (Å²) in [6, 6.07) is 0. The van der Waals surface area contributed by atoms with Crippen LogP contribution in [0.5, 0.6) is 0 Å². The minimum absolute atomic E-state index is 0.341. The van der Waals surface area contributed by atoms with Gasteiger partial charge in [-0.25, -0.2) is 0 Å². The molecule has 0 spiro atoms. The summed E-state index contributed by atoms with van der Waals surface area (Å²) >= 11 is 0. The Balaban J connectivity index is 3.42. The maximum atomic E-state index is 4.26. The third kappa shape index (κ3) is 11.1. The molecule has 2 heteroatoms. The van der Waals surface area contributed by atoms with Crippen LogP contribution in [0.4, 0.5) is 0 Å². The van der Waals surface area contributed by atoms with E-state index in [1.807, 2.05) is 6.21 Å². The summed E-state index contributed by atoms with van der Waals surface area (Å²) in [5.41, 5.74) is 0.341. The molecule has 0 fully saturated rings. The molecule has 0 aromatic rings. The summed E-state index contributed by atoms with van der Waals surface area (Å²) in [7, 11) is 0. The van der Waals surface area contributed by atoms with Crippen molar-refractivity contribution in [2.45, 2.75) is 27.2 Å². The van der Waals surface area contributed by atoms with E-state index in [1.54, 1.807) is 12.3 Å². The van der Waals surface area contributed by atoms with Gasteiger partial charge in [-0.1, -0.05) is 33.4 Å². The molecule has 0 aliphatic rings. The van der Waals surface area contributed by atoms with E-state index in [-0.39, 0.29) is 0 Å². The average Bonchev–Trinajstić information content (AvgIpc) is 2.01. The van der Waals surface area contributed by atoms with Gasteiger partial charge in [-0.2, -0.15) is 0 Å². The highest BCUT2D eigenvalue weighted by atomic mass is 14.8. The van der Waals surface area contributed by atoms with Gasteiger partial charge in [-0.15, -0.1) is 0 Å². The van der Waals surface area contributed by atoms with Gasteiger partial charge in [0, 0.05) is 6.21 Å². The summed E-state index contributed by atoms with van der Waals surface area (Å²) in [5.74, 6) is 0. The first-order valence-corrected chi connectivity index (χ1v) is 4.65. The zero-order chi connectivity index (χ0) is 10.2. The Morgan fingerprint density at radius 2 is 1.77 bits per heavy atom. The van der Waals surface area contributed by atoms with Crippen LogP contribution in [0.15, 0.2) is 22.6 Å². The fourth-order valence-corrected chi connectivity index (χ4v) is 0.694. The van der Waals surface area contributed by atoms with Crippen LogP contribution in [0, 0.1) is 5.41 Å². The molecule has 0 rings (SSSR count). The van der Waals surface area contributed by atoms with Crippen molar-refractivity contribution in [1.29, 1.82) is 0 Å². The van der Waals surface area contributed by atoms with Crippen molar-refractivity contribution in [3.63, 3.8) is 0 Å². The smallest absolute Gasteiger partial charge is 0.0585 e. The maximum absolute atomic E-state index is 4.26. The lowest BCUT2D eigenvalue weighted by atomic mass is 9.93. The standard InChI is InChI=1S/C11H20N2/c1-5-7-12-9-10-13-8-6-11(2,3)4/h5,7-8H,1,6,9-10H2,2-4H3/b12-7-,13-8-. The maximum Gasteiger partial charge on any atom is 0.0585 e. The molecule has 0 saturated heterocycles. The number of allylic oxidation sites excluding steroid dienone is 1. The van der Waals surface area contributed by atoms with Gasteiger partial charge in [-0.3, -0.25) is 9.98 Å². The van der Waals surface area contributed by atoms with Crippen molar-refractivity contribution in [1.82, 2.24) is 0 Å². The third-order valence-corrected chi connectivity index (χ3v) is 1.40. The Hall–Kier alpha value is -0.920. The molecule has 0 bridgehead atoms. The minimum atomic E-state index is 0.341. The van der Waals surface area contributed by atoms with Crippen LogP contribution in [-0.2, 0) is 0 Å². The van der Waals surface area contributed by atoms with Gasteiger partial charge in [0.05, 0.1) is 13.1 Å². The Kier molecular flexibility index (Phi) is 6.11. The molecule has 0 aliphatic heterocycles. The van der Waals surface area contributed by atoms with Crippen molar-refractivity contribution >= 4 is 12.4 Å².